The second-order valence-electron chi connectivity index (χ2n) is 5.92. The number of carbonyl (C=O) groups is 1. The summed E-state index contributed by atoms with van der Waals surface area (Å²) < 4.78 is 7.23. The fraction of sp³-hybridized carbons (Fsp3) is 0.533. The topological polar surface area (TPSA) is 64.2 Å². The molecule has 1 saturated carbocycles. The Hall–Kier alpha value is -2.11. The average Bonchev–Trinajstić information content (AvgIpc) is 3.05. The van der Waals surface area contributed by atoms with Crippen LogP contribution >= 0.6 is 0 Å². The summed E-state index contributed by atoms with van der Waals surface area (Å²) in [5, 5.41) is 8.24. The maximum atomic E-state index is 12.5. The van der Waals surface area contributed by atoms with Gasteiger partial charge in [0.05, 0.1) is 6.04 Å². The molecular formula is C15H18N4O2. The van der Waals surface area contributed by atoms with E-state index in [4.69, 9.17) is 4.52 Å². The quantitative estimate of drug-likeness (QED) is 0.868. The smallest absolute Gasteiger partial charge is 0.276 e. The molecule has 0 radical (unpaired) electrons. The molecule has 1 saturated heterocycles. The van der Waals surface area contributed by atoms with Gasteiger partial charge in [-0.05, 0) is 31.7 Å². The van der Waals surface area contributed by atoms with E-state index in [0.717, 1.165) is 38.0 Å². The lowest BCUT2D eigenvalue weighted by atomic mass is 10.1. The van der Waals surface area contributed by atoms with Crippen LogP contribution in [0.1, 0.15) is 53.9 Å². The molecule has 3 heterocycles. The Morgan fingerprint density at radius 2 is 2.24 bits per heavy atom. The van der Waals surface area contributed by atoms with E-state index < -0.39 is 0 Å². The third-order valence-electron chi connectivity index (χ3n) is 4.31. The van der Waals surface area contributed by atoms with Crippen molar-refractivity contribution in [2.24, 2.45) is 0 Å². The Kier molecular flexibility index (Phi) is 3.02. The highest BCUT2D eigenvalue weighted by Gasteiger charge is 2.31. The fourth-order valence-electron chi connectivity index (χ4n) is 2.96. The van der Waals surface area contributed by atoms with E-state index in [9.17, 15) is 4.79 Å². The van der Waals surface area contributed by atoms with Crippen molar-refractivity contribution in [1.82, 2.24) is 19.8 Å². The summed E-state index contributed by atoms with van der Waals surface area (Å²) in [5.74, 6) is 1.32. The molecular weight excluding hydrogens is 268 g/mol. The highest BCUT2D eigenvalue weighted by molar-refractivity contribution is 5.92. The molecule has 4 rings (SSSR count). The van der Waals surface area contributed by atoms with Crippen LogP contribution in [0.5, 0.6) is 0 Å². The van der Waals surface area contributed by atoms with Crippen LogP contribution in [0.3, 0.4) is 0 Å². The Bertz CT molecular complexity index is 630. The minimum absolute atomic E-state index is 0.0255. The molecule has 2 fully saturated rings. The van der Waals surface area contributed by atoms with Crippen LogP contribution in [0, 0.1) is 0 Å². The first-order valence-corrected chi connectivity index (χ1v) is 7.56. The van der Waals surface area contributed by atoms with Gasteiger partial charge in [-0.25, -0.2) is 0 Å². The summed E-state index contributed by atoms with van der Waals surface area (Å²) in [5.41, 5.74) is 0.443. The summed E-state index contributed by atoms with van der Waals surface area (Å²) in [4.78, 5) is 14.4. The zero-order chi connectivity index (χ0) is 14.2. The van der Waals surface area contributed by atoms with Crippen molar-refractivity contribution >= 4 is 5.91 Å². The van der Waals surface area contributed by atoms with E-state index in [-0.39, 0.29) is 11.9 Å². The number of rotatable bonds is 3. The van der Waals surface area contributed by atoms with Gasteiger partial charge in [0.25, 0.3) is 5.91 Å². The second kappa shape index (κ2) is 5.02. The Morgan fingerprint density at radius 1 is 1.33 bits per heavy atom. The van der Waals surface area contributed by atoms with Crippen LogP contribution in [-0.2, 0) is 0 Å². The largest absolute Gasteiger partial charge is 0.360 e. The molecule has 21 heavy (non-hydrogen) atoms. The van der Waals surface area contributed by atoms with E-state index in [1.54, 1.807) is 6.20 Å². The summed E-state index contributed by atoms with van der Waals surface area (Å²) in [6.07, 6.45) is 8.07. The van der Waals surface area contributed by atoms with Gasteiger partial charge in [-0.2, -0.15) is 5.10 Å². The van der Waals surface area contributed by atoms with E-state index in [2.05, 4.69) is 10.3 Å². The number of carbonyl (C=O) groups excluding carboxylic acids is 1. The van der Waals surface area contributed by atoms with E-state index in [1.165, 1.54) is 0 Å². The number of nitrogens with zero attached hydrogens (tertiary/aromatic N) is 4. The maximum absolute atomic E-state index is 12.5. The van der Waals surface area contributed by atoms with Gasteiger partial charge < -0.3 is 9.42 Å². The average molecular weight is 286 g/mol. The van der Waals surface area contributed by atoms with Gasteiger partial charge in [-0.1, -0.05) is 5.16 Å². The SMILES string of the molecule is O=C(c1cc(C2CC2)on1)N1CCC[C@H](n2cccn2)C1. The molecule has 110 valence electrons. The molecule has 1 aliphatic carbocycles. The maximum Gasteiger partial charge on any atom is 0.276 e. The van der Waals surface area contributed by atoms with Gasteiger partial charge in [0.2, 0.25) is 0 Å². The summed E-state index contributed by atoms with van der Waals surface area (Å²) in [6, 6.07) is 3.99. The molecule has 0 spiro atoms. The van der Waals surface area contributed by atoms with Gasteiger partial charge in [-0.15, -0.1) is 0 Å². The van der Waals surface area contributed by atoms with Crippen molar-refractivity contribution in [1.29, 1.82) is 0 Å². The van der Waals surface area contributed by atoms with Gasteiger partial charge in [0.1, 0.15) is 5.76 Å². The number of likely N-dealkylation sites (tertiary alicyclic amines) is 1. The van der Waals surface area contributed by atoms with Crippen molar-refractivity contribution in [2.75, 3.05) is 13.1 Å². The highest BCUT2D eigenvalue weighted by Crippen LogP contribution is 2.40. The normalized spacial score (nSPS) is 22.5. The summed E-state index contributed by atoms with van der Waals surface area (Å²) >= 11 is 0. The van der Waals surface area contributed by atoms with E-state index in [1.807, 2.05) is 27.9 Å². The highest BCUT2D eigenvalue weighted by atomic mass is 16.5. The van der Waals surface area contributed by atoms with Gasteiger partial charge in [0.15, 0.2) is 5.69 Å². The molecule has 0 N–H and O–H groups in total. The molecule has 6 heteroatoms. The molecule has 0 unspecified atom stereocenters. The van der Waals surface area contributed by atoms with Gasteiger partial charge in [0, 0.05) is 37.5 Å². The van der Waals surface area contributed by atoms with Crippen LogP contribution in [0.2, 0.25) is 0 Å². The number of hydrogen-bond acceptors (Lipinski definition) is 4. The Balaban J connectivity index is 1.47. The van der Waals surface area contributed by atoms with Crippen LogP contribution < -0.4 is 0 Å². The zero-order valence-corrected chi connectivity index (χ0v) is 11.8. The van der Waals surface area contributed by atoms with Crippen molar-refractivity contribution in [3.05, 3.63) is 36.0 Å². The first-order valence-electron chi connectivity index (χ1n) is 7.56. The summed E-state index contributed by atoms with van der Waals surface area (Å²) in [6.45, 7) is 1.47. The molecule has 0 aromatic carbocycles. The van der Waals surface area contributed by atoms with Crippen molar-refractivity contribution in [2.45, 2.75) is 37.6 Å². The van der Waals surface area contributed by atoms with Crippen molar-refractivity contribution in [3.63, 3.8) is 0 Å². The summed E-state index contributed by atoms with van der Waals surface area (Å²) in [7, 11) is 0. The lowest BCUT2D eigenvalue weighted by molar-refractivity contribution is 0.0662. The Morgan fingerprint density at radius 3 is 3.00 bits per heavy atom. The second-order valence-corrected chi connectivity index (χ2v) is 5.92. The van der Waals surface area contributed by atoms with Crippen molar-refractivity contribution in [3.8, 4) is 0 Å². The molecule has 1 aliphatic heterocycles. The third kappa shape index (κ3) is 2.46. The van der Waals surface area contributed by atoms with Crippen molar-refractivity contribution < 1.29 is 9.32 Å². The third-order valence-corrected chi connectivity index (χ3v) is 4.31. The van der Waals surface area contributed by atoms with Crippen LogP contribution in [0.25, 0.3) is 0 Å². The zero-order valence-electron chi connectivity index (χ0n) is 11.8. The Labute approximate surface area is 122 Å². The lowest BCUT2D eigenvalue weighted by Crippen LogP contribution is -2.41. The number of aromatic nitrogens is 3. The predicted molar refractivity (Wildman–Crippen MR) is 74.9 cm³/mol. The first kappa shape index (κ1) is 12.6. The van der Waals surface area contributed by atoms with E-state index >= 15 is 0 Å². The molecule has 0 bridgehead atoms. The number of hydrogen-bond donors (Lipinski definition) is 0. The first-order chi connectivity index (χ1) is 10.3. The minimum atomic E-state index is -0.0255. The lowest BCUT2D eigenvalue weighted by Gasteiger charge is -2.32. The molecule has 2 aliphatic rings. The number of amides is 1. The van der Waals surface area contributed by atoms with Crippen LogP contribution in [-0.4, -0.2) is 38.8 Å². The molecule has 6 nitrogen and oxygen atoms in total. The van der Waals surface area contributed by atoms with E-state index in [0.29, 0.717) is 18.2 Å². The predicted octanol–water partition coefficient (Wildman–Crippen LogP) is 2.23. The standard InChI is InChI=1S/C15H18N4O2/c20-15(13-9-14(21-17-13)11-4-5-11)18-7-1-3-12(10-18)19-8-2-6-16-19/h2,6,8-9,11-12H,1,3-5,7,10H2/t12-/m0/s1. The molecule has 1 atom stereocenters. The van der Waals surface area contributed by atoms with Crippen LogP contribution in [0.4, 0.5) is 0 Å². The monoisotopic (exact) mass is 286 g/mol. The fourth-order valence-corrected chi connectivity index (χ4v) is 2.96. The van der Waals surface area contributed by atoms with Gasteiger partial charge >= 0.3 is 0 Å². The molecule has 2 aromatic heterocycles. The molecule has 2 aromatic rings. The molecule has 1 amide bonds. The van der Waals surface area contributed by atoms with Gasteiger partial charge in [-0.3, -0.25) is 9.48 Å². The number of piperidine rings is 1. The minimum Gasteiger partial charge on any atom is -0.360 e. The van der Waals surface area contributed by atoms with Crippen LogP contribution in [0.15, 0.2) is 29.0 Å².